The third kappa shape index (κ3) is 5.44. The van der Waals surface area contributed by atoms with Gasteiger partial charge in [0.1, 0.15) is 13.2 Å². The first kappa shape index (κ1) is 26.0. The molecule has 1 fully saturated rings. The summed E-state index contributed by atoms with van der Waals surface area (Å²) in [6, 6.07) is 27.2. The molecule has 0 spiro atoms. The molecule has 1 aliphatic carbocycles. The smallest absolute Gasteiger partial charge is 0.338 e. The average molecular weight is 550 g/mol. The first-order chi connectivity index (χ1) is 20.0. The zero-order chi connectivity index (χ0) is 28.2. The second kappa shape index (κ2) is 11.1. The minimum Gasteiger partial charge on any atom is -0.471 e. The summed E-state index contributed by atoms with van der Waals surface area (Å²) >= 11 is 0. The number of benzene rings is 3. The molecule has 5 aromatic rings. The number of ether oxygens (including phenoxy) is 3. The molecule has 0 radical (unpaired) electrons. The Morgan fingerprint density at radius 2 is 1.46 bits per heavy atom. The van der Waals surface area contributed by atoms with Crippen LogP contribution in [0.2, 0.25) is 0 Å². The summed E-state index contributed by atoms with van der Waals surface area (Å²) in [5.41, 5.74) is 8.05. The Labute approximate surface area is 235 Å². The molecule has 1 saturated carbocycles. The first-order valence-electron chi connectivity index (χ1n) is 13.2. The molecule has 2 heterocycles. The Hall–Kier alpha value is -5.25. The molecule has 2 atom stereocenters. The number of rotatable bonds is 10. The standard InChI is InChI=1S/C31H27N5O5/c32-30-34-26-25(27(35-30)39-17-21-10-4-1-5-11-21)33-20-36(26)31(19-41-29(38)23-14-8-3-9-15-23)16-24(31)18-40-28(37)22-12-6-2-7-13-22/h1-15,20,24H,16-19H2,(H2,32,34,35). The minimum absolute atomic E-state index is 0.0177. The number of anilines is 1. The minimum atomic E-state index is -0.756. The third-order valence-corrected chi connectivity index (χ3v) is 7.17. The van der Waals surface area contributed by atoms with E-state index in [1.54, 1.807) is 54.9 Å². The quantitative estimate of drug-likeness (QED) is 0.252. The molecule has 41 heavy (non-hydrogen) atoms. The van der Waals surface area contributed by atoms with Gasteiger partial charge in [0, 0.05) is 5.92 Å². The number of hydrogen-bond acceptors (Lipinski definition) is 9. The van der Waals surface area contributed by atoms with Crippen molar-refractivity contribution in [1.82, 2.24) is 19.5 Å². The second-order valence-corrected chi connectivity index (χ2v) is 9.86. The largest absolute Gasteiger partial charge is 0.471 e. The van der Waals surface area contributed by atoms with Gasteiger partial charge in [0.05, 0.1) is 29.6 Å². The summed E-state index contributed by atoms with van der Waals surface area (Å²) in [6.07, 6.45) is 2.18. The topological polar surface area (TPSA) is 131 Å². The molecule has 0 aliphatic heterocycles. The van der Waals surface area contributed by atoms with Crippen LogP contribution < -0.4 is 10.5 Å². The number of hydrogen-bond donors (Lipinski definition) is 1. The van der Waals surface area contributed by atoms with E-state index in [9.17, 15) is 9.59 Å². The highest BCUT2D eigenvalue weighted by Gasteiger charge is 2.58. The molecule has 2 aromatic heterocycles. The summed E-state index contributed by atoms with van der Waals surface area (Å²) < 4.78 is 19.2. The number of nitrogens with two attached hydrogens (primary N) is 1. The number of imidazole rings is 1. The molecule has 2 N–H and O–H groups in total. The van der Waals surface area contributed by atoms with Crippen LogP contribution in [0.4, 0.5) is 5.95 Å². The number of carbonyl (C=O) groups excluding carboxylic acids is 2. The maximum atomic E-state index is 12.8. The molecule has 206 valence electrons. The fourth-order valence-electron chi connectivity index (χ4n) is 4.85. The Balaban J connectivity index is 1.27. The van der Waals surface area contributed by atoms with Crippen molar-refractivity contribution < 1.29 is 23.8 Å². The van der Waals surface area contributed by atoms with Crippen molar-refractivity contribution in [2.24, 2.45) is 5.92 Å². The van der Waals surface area contributed by atoms with Crippen molar-refractivity contribution in [3.8, 4) is 5.88 Å². The van der Waals surface area contributed by atoms with Crippen LogP contribution >= 0.6 is 0 Å². The average Bonchev–Trinajstić information content (AvgIpc) is 3.56. The number of carbonyl (C=O) groups is 2. The highest BCUT2D eigenvalue weighted by Crippen LogP contribution is 2.52. The lowest BCUT2D eigenvalue weighted by molar-refractivity contribution is 0.0349. The van der Waals surface area contributed by atoms with Crippen molar-refractivity contribution in [2.75, 3.05) is 18.9 Å². The lowest BCUT2D eigenvalue weighted by Crippen LogP contribution is -2.29. The first-order valence-corrected chi connectivity index (χ1v) is 13.2. The maximum absolute atomic E-state index is 12.8. The normalized spacial score (nSPS) is 17.6. The van der Waals surface area contributed by atoms with Gasteiger partial charge in [-0.2, -0.15) is 9.97 Å². The van der Waals surface area contributed by atoms with Crippen molar-refractivity contribution in [1.29, 1.82) is 0 Å². The fraction of sp³-hybridized carbons (Fsp3) is 0.194. The lowest BCUT2D eigenvalue weighted by atomic mass is 10.2. The molecule has 10 heteroatoms. The number of esters is 2. The Morgan fingerprint density at radius 3 is 2.12 bits per heavy atom. The van der Waals surface area contributed by atoms with Gasteiger partial charge in [0.15, 0.2) is 11.2 Å². The summed E-state index contributed by atoms with van der Waals surface area (Å²) in [6.45, 7) is 0.412. The molecular formula is C31H27N5O5. The number of fused-ring (bicyclic) bond motifs is 1. The van der Waals surface area contributed by atoms with Crippen LogP contribution in [0.5, 0.6) is 5.88 Å². The summed E-state index contributed by atoms with van der Waals surface area (Å²) in [5.74, 6) is -0.777. The predicted octanol–water partition coefficient (Wildman–Crippen LogP) is 4.42. The van der Waals surface area contributed by atoms with Gasteiger partial charge in [-0.1, -0.05) is 66.7 Å². The van der Waals surface area contributed by atoms with Crippen LogP contribution in [0, 0.1) is 5.92 Å². The van der Waals surface area contributed by atoms with Crippen molar-refractivity contribution in [3.05, 3.63) is 114 Å². The highest BCUT2D eigenvalue weighted by molar-refractivity contribution is 5.90. The lowest BCUT2D eigenvalue weighted by Gasteiger charge is -2.20. The van der Waals surface area contributed by atoms with Gasteiger partial charge >= 0.3 is 11.9 Å². The molecule has 6 rings (SSSR count). The van der Waals surface area contributed by atoms with Gasteiger partial charge in [0.25, 0.3) is 0 Å². The van der Waals surface area contributed by atoms with Gasteiger partial charge in [0.2, 0.25) is 11.8 Å². The van der Waals surface area contributed by atoms with E-state index in [1.807, 2.05) is 47.0 Å². The van der Waals surface area contributed by atoms with Crippen LogP contribution in [-0.4, -0.2) is 44.7 Å². The molecule has 10 nitrogen and oxygen atoms in total. The molecule has 1 aliphatic rings. The van der Waals surface area contributed by atoms with Crippen LogP contribution in [0.15, 0.2) is 97.3 Å². The number of nitrogen functional groups attached to an aromatic ring is 1. The fourth-order valence-corrected chi connectivity index (χ4v) is 4.85. The van der Waals surface area contributed by atoms with Gasteiger partial charge in [-0.3, -0.25) is 0 Å². The molecule has 0 saturated heterocycles. The molecule has 2 unspecified atom stereocenters. The van der Waals surface area contributed by atoms with Crippen LogP contribution in [0.3, 0.4) is 0 Å². The monoisotopic (exact) mass is 549 g/mol. The van der Waals surface area contributed by atoms with E-state index in [0.29, 0.717) is 28.7 Å². The highest BCUT2D eigenvalue weighted by atomic mass is 16.5. The van der Waals surface area contributed by atoms with Crippen molar-refractivity contribution >= 4 is 29.1 Å². The Morgan fingerprint density at radius 1 is 0.854 bits per heavy atom. The van der Waals surface area contributed by atoms with Gasteiger partial charge < -0.3 is 24.5 Å². The maximum Gasteiger partial charge on any atom is 0.338 e. The second-order valence-electron chi connectivity index (χ2n) is 9.86. The van der Waals surface area contributed by atoms with Gasteiger partial charge in [-0.15, -0.1) is 0 Å². The van der Waals surface area contributed by atoms with Gasteiger partial charge in [-0.25, -0.2) is 14.6 Å². The van der Waals surface area contributed by atoms with Crippen LogP contribution in [0.25, 0.3) is 11.2 Å². The summed E-state index contributed by atoms with van der Waals surface area (Å²) in [5, 5.41) is 0. The number of nitrogens with zero attached hydrogens (tertiary/aromatic N) is 4. The third-order valence-electron chi connectivity index (χ3n) is 7.17. The van der Waals surface area contributed by atoms with E-state index in [1.165, 1.54) is 0 Å². The molecule has 3 aromatic carbocycles. The van der Waals surface area contributed by atoms with E-state index >= 15 is 0 Å². The Kier molecular flexibility index (Phi) is 7.03. The molecular weight excluding hydrogens is 522 g/mol. The predicted molar refractivity (Wildman–Crippen MR) is 150 cm³/mol. The molecule has 0 bridgehead atoms. The van der Waals surface area contributed by atoms with E-state index in [2.05, 4.69) is 15.0 Å². The van der Waals surface area contributed by atoms with E-state index < -0.39 is 17.5 Å². The van der Waals surface area contributed by atoms with Gasteiger partial charge in [-0.05, 0) is 36.2 Å². The number of aromatic nitrogens is 4. The van der Waals surface area contributed by atoms with E-state index in [4.69, 9.17) is 19.9 Å². The SMILES string of the molecule is Nc1nc(OCc2ccccc2)c2ncn(C3(COC(=O)c4ccccc4)CC3COC(=O)c3ccccc3)c2n1. The zero-order valence-corrected chi connectivity index (χ0v) is 22.1. The van der Waals surface area contributed by atoms with E-state index in [-0.39, 0.29) is 37.6 Å². The summed E-state index contributed by atoms with van der Waals surface area (Å²) in [4.78, 5) is 38.8. The Bertz CT molecular complexity index is 1680. The van der Waals surface area contributed by atoms with Crippen LogP contribution in [-0.2, 0) is 21.6 Å². The van der Waals surface area contributed by atoms with Crippen molar-refractivity contribution in [2.45, 2.75) is 18.6 Å². The summed E-state index contributed by atoms with van der Waals surface area (Å²) in [7, 11) is 0. The molecule has 0 amide bonds. The van der Waals surface area contributed by atoms with Crippen LogP contribution in [0.1, 0.15) is 32.7 Å². The van der Waals surface area contributed by atoms with E-state index in [0.717, 1.165) is 5.56 Å². The zero-order valence-electron chi connectivity index (χ0n) is 22.1. The van der Waals surface area contributed by atoms with Crippen molar-refractivity contribution in [3.63, 3.8) is 0 Å².